The third kappa shape index (κ3) is 5.34. The minimum Gasteiger partial charge on any atom is -0.456 e. The van der Waals surface area contributed by atoms with Crippen LogP contribution in [0.1, 0.15) is 54.4 Å². The van der Waals surface area contributed by atoms with Crippen molar-refractivity contribution in [2.75, 3.05) is 0 Å². The average Bonchev–Trinajstić information content (AvgIpc) is 2.70. The smallest absolute Gasteiger partial charge is 0.434 e. The van der Waals surface area contributed by atoms with Gasteiger partial charge in [-0.3, -0.25) is 19.2 Å². The SMILES string of the molecule is CC(=O)O[C@H]1[C@H](OC(C)=O)[C@H]2CC[C@@H]([C@H]1OC(C)=O)N(C(=O)OC(C)(C)C)O2. The lowest BCUT2D eigenvalue weighted by Crippen LogP contribution is -2.54. The first-order chi connectivity index (χ1) is 12.9. The minimum atomic E-state index is -1.13. The number of ether oxygens (including phenoxy) is 4. The van der Waals surface area contributed by atoms with E-state index in [-0.39, 0.29) is 0 Å². The zero-order chi connectivity index (χ0) is 21.2. The monoisotopic (exact) mass is 401 g/mol. The molecule has 2 aliphatic heterocycles. The summed E-state index contributed by atoms with van der Waals surface area (Å²) in [6.45, 7) is 8.70. The van der Waals surface area contributed by atoms with Gasteiger partial charge in [0, 0.05) is 20.8 Å². The van der Waals surface area contributed by atoms with Crippen LogP contribution in [0.2, 0.25) is 0 Å². The van der Waals surface area contributed by atoms with Gasteiger partial charge in [0.05, 0.1) is 0 Å². The van der Waals surface area contributed by atoms with Crippen LogP contribution in [0.15, 0.2) is 0 Å². The molecule has 10 heteroatoms. The van der Waals surface area contributed by atoms with Gasteiger partial charge in [0.1, 0.15) is 17.7 Å². The highest BCUT2D eigenvalue weighted by molar-refractivity contribution is 5.70. The topological polar surface area (TPSA) is 118 Å². The molecule has 1 aliphatic carbocycles. The molecule has 2 heterocycles. The zero-order valence-electron chi connectivity index (χ0n) is 16.9. The van der Waals surface area contributed by atoms with Gasteiger partial charge in [-0.25, -0.2) is 4.79 Å². The standard InChI is InChI=1S/C18H27NO9/c1-9(20)24-14-12-7-8-13(28-19(12)17(23)27-18(4,5)6)15(25-10(2)21)16(14)26-11(3)22/h12-16H,7-8H2,1-6H3/t12-,13+,14+,15+,16+/m0/s1. The number of nitrogens with zero attached hydrogens (tertiary/aromatic N) is 1. The van der Waals surface area contributed by atoms with Gasteiger partial charge in [-0.15, -0.1) is 0 Å². The summed E-state index contributed by atoms with van der Waals surface area (Å²) in [5, 5.41) is 0.993. The summed E-state index contributed by atoms with van der Waals surface area (Å²) >= 11 is 0. The van der Waals surface area contributed by atoms with E-state index in [9.17, 15) is 19.2 Å². The summed E-state index contributed by atoms with van der Waals surface area (Å²) < 4.78 is 21.5. The fourth-order valence-corrected chi connectivity index (χ4v) is 3.35. The van der Waals surface area contributed by atoms with E-state index < -0.39 is 60.1 Å². The first kappa shape index (κ1) is 21.9. The molecule has 0 aromatic heterocycles. The van der Waals surface area contributed by atoms with E-state index in [1.54, 1.807) is 20.8 Å². The van der Waals surface area contributed by atoms with E-state index in [2.05, 4.69) is 0 Å². The summed E-state index contributed by atoms with van der Waals surface area (Å²) in [6.07, 6.45) is -4.05. The third-order valence-corrected chi connectivity index (χ3v) is 4.17. The molecule has 0 spiro atoms. The van der Waals surface area contributed by atoms with Gasteiger partial charge in [0.25, 0.3) is 0 Å². The maximum atomic E-state index is 12.7. The Bertz CT molecular complexity index is 641. The van der Waals surface area contributed by atoms with Crippen molar-refractivity contribution in [1.29, 1.82) is 0 Å². The molecule has 28 heavy (non-hydrogen) atoms. The Morgan fingerprint density at radius 1 is 0.821 bits per heavy atom. The molecule has 0 aromatic rings. The number of esters is 3. The van der Waals surface area contributed by atoms with Gasteiger partial charge in [0.15, 0.2) is 18.3 Å². The Labute approximate surface area is 163 Å². The van der Waals surface area contributed by atoms with Crippen LogP contribution in [0.5, 0.6) is 0 Å². The molecule has 0 aromatic carbocycles. The molecule has 3 fully saturated rings. The molecule has 3 aliphatic rings. The normalized spacial score (nSPS) is 29.5. The molecule has 10 nitrogen and oxygen atoms in total. The lowest BCUT2D eigenvalue weighted by atomic mass is 10.0. The van der Waals surface area contributed by atoms with E-state index in [4.69, 9.17) is 23.8 Å². The highest BCUT2D eigenvalue weighted by Crippen LogP contribution is 2.37. The lowest BCUT2D eigenvalue weighted by Gasteiger charge is -2.38. The van der Waals surface area contributed by atoms with Crippen LogP contribution in [0, 0.1) is 0 Å². The van der Waals surface area contributed by atoms with E-state index in [1.807, 2.05) is 0 Å². The second-order valence-corrected chi connectivity index (χ2v) is 7.82. The molecule has 0 unspecified atom stereocenters. The number of amides is 1. The number of carbonyl (C=O) groups excluding carboxylic acids is 4. The van der Waals surface area contributed by atoms with Crippen LogP contribution < -0.4 is 0 Å². The third-order valence-electron chi connectivity index (χ3n) is 4.17. The largest absolute Gasteiger partial charge is 0.456 e. The Hall–Kier alpha value is -2.36. The lowest BCUT2D eigenvalue weighted by molar-refractivity contribution is -0.245. The molecule has 1 amide bonds. The molecule has 2 saturated heterocycles. The molecule has 2 bridgehead atoms. The second kappa shape index (κ2) is 8.34. The zero-order valence-corrected chi connectivity index (χ0v) is 16.9. The van der Waals surface area contributed by atoms with E-state index in [0.717, 1.165) is 5.06 Å². The van der Waals surface area contributed by atoms with Crippen molar-refractivity contribution < 1.29 is 43.0 Å². The average molecular weight is 401 g/mol. The van der Waals surface area contributed by atoms with Crippen molar-refractivity contribution >= 4 is 24.0 Å². The molecule has 5 atom stereocenters. The van der Waals surface area contributed by atoms with Crippen LogP contribution in [0.3, 0.4) is 0 Å². The van der Waals surface area contributed by atoms with Crippen molar-refractivity contribution in [3.8, 4) is 0 Å². The summed E-state index contributed by atoms with van der Waals surface area (Å²) in [7, 11) is 0. The number of rotatable bonds is 3. The van der Waals surface area contributed by atoms with Crippen molar-refractivity contribution in [3.63, 3.8) is 0 Å². The molecular weight excluding hydrogens is 374 g/mol. The molecule has 0 radical (unpaired) electrons. The highest BCUT2D eigenvalue weighted by atomic mass is 16.8. The van der Waals surface area contributed by atoms with E-state index >= 15 is 0 Å². The van der Waals surface area contributed by atoms with Gasteiger partial charge < -0.3 is 18.9 Å². The van der Waals surface area contributed by atoms with E-state index in [1.165, 1.54) is 20.8 Å². The van der Waals surface area contributed by atoms with Gasteiger partial charge in [-0.1, -0.05) is 0 Å². The second-order valence-electron chi connectivity index (χ2n) is 7.82. The first-order valence-corrected chi connectivity index (χ1v) is 9.09. The van der Waals surface area contributed by atoms with E-state index in [0.29, 0.717) is 12.8 Å². The van der Waals surface area contributed by atoms with Crippen LogP contribution in [-0.4, -0.2) is 65.1 Å². The number of hydrogen-bond donors (Lipinski definition) is 0. The van der Waals surface area contributed by atoms with Crippen molar-refractivity contribution in [3.05, 3.63) is 0 Å². The molecule has 3 rings (SSSR count). The van der Waals surface area contributed by atoms with Crippen molar-refractivity contribution in [2.45, 2.75) is 90.4 Å². The predicted octanol–water partition coefficient (Wildman–Crippen LogP) is 1.49. The fraction of sp³-hybridized carbons (Fsp3) is 0.778. The number of hydrogen-bond acceptors (Lipinski definition) is 9. The molecule has 158 valence electrons. The van der Waals surface area contributed by atoms with Crippen LogP contribution >= 0.6 is 0 Å². The Balaban J connectivity index is 2.44. The Kier molecular flexibility index (Phi) is 6.53. The highest BCUT2D eigenvalue weighted by Gasteiger charge is 2.56. The number of fused-ring (bicyclic) bond motifs is 4. The summed E-state index contributed by atoms with van der Waals surface area (Å²) in [6, 6.07) is -0.778. The maximum absolute atomic E-state index is 12.7. The fourth-order valence-electron chi connectivity index (χ4n) is 3.35. The summed E-state index contributed by atoms with van der Waals surface area (Å²) in [5.41, 5.74) is -0.784. The Morgan fingerprint density at radius 2 is 1.32 bits per heavy atom. The molecule has 0 N–H and O–H groups in total. The molecule has 1 saturated carbocycles. The van der Waals surface area contributed by atoms with Gasteiger partial charge in [-0.05, 0) is 33.6 Å². The van der Waals surface area contributed by atoms with Crippen LogP contribution in [0.25, 0.3) is 0 Å². The Morgan fingerprint density at radius 3 is 1.82 bits per heavy atom. The summed E-state index contributed by atoms with van der Waals surface area (Å²) in [4.78, 5) is 53.4. The summed E-state index contributed by atoms with van der Waals surface area (Å²) in [5.74, 6) is -1.91. The van der Waals surface area contributed by atoms with Gasteiger partial charge in [-0.2, -0.15) is 5.06 Å². The van der Waals surface area contributed by atoms with Crippen LogP contribution in [-0.2, 0) is 38.2 Å². The molecular formula is C18H27NO9. The minimum absolute atomic E-state index is 0.372. The number of carbonyl (C=O) groups is 4. The van der Waals surface area contributed by atoms with Gasteiger partial charge in [0.2, 0.25) is 0 Å². The van der Waals surface area contributed by atoms with Crippen molar-refractivity contribution in [1.82, 2.24) is 5.06 Å². The van der Waals surface area contributed by atoms with Crippen LogP contribution in [0.4, 0.5) is 4.79 Å². The number of hydroxylamine groups is 2. The predicted molar refractivity (Wildman–Crippen MR) is 92.6 cm³/mol. The van der Waals surface area contributed by atoms with Crippen molar-refractivity contribution in [2.24, 2.45) is 0 Å². The first-order valence-electron chi connectivity index (χ1n) is 9.09. The quantitative estimate of drug-likeness (QED) is 0.512. The maximum Gasteiger partial charge on any atom is 0.434 e. The van der Waals surface area contributed by atoms with Gasteiger partial charge >= 0.3 is 24.0 Å².